The van der Waals surface area contributed by atoms with Crippen LogP contribution >= 0.6 is 11.6 Å². The van der Waals surface area contributed by atoms with Gasteiger partial charge in [-0.1, -0.05) is 31.0 Å². The maximum absolute atomic E-state index is 13.0. The topological polar surface area (TPSA) is 22.1 Å². The number of hydrogen-bond acceptors (Lipinski definition) is 2. The molecule has 21 heavy (non-hydrogen) atoms. The highest BCUT2D eigenvalue weighted by Gasteiger charge is 2.34. The van der Waals surface area contributed by atoms with E-state index in [0.29, 0.717) is 22.6 Å². The molecule has 0 aliphatic rings. The molecule has 0 aliphatic carbocycles. The van der Waals surface area contributed by atoms with Crippen LogP contribution in [0.3, 0.4) is 0 Å². The fraction of sp³-hybridized carbons (Fsp3) is 0.400. The fourth-order valence-electron chi connectivity index (χ4n) is 1.98. The van der Waals surface area contributed by atoms with E-state index in [1.807, 2.05) is 6.92 Å². The summed E-state index contributed by atoms with van der Waals surface area (Å²) in [7, 11) is 0. The SMILES string of the molecule is CCCCOc1cc(C(F)(F)F)nc2c(C)ccc(Cl)c12. The fourth-order valence-corrected chi connectivity index (χ4v) is 2.23. The molecule has 2 nitrogen and oxygen atoms in total. The third-order valence-corrected chi connectivity index (χ3v) is 3.44. The summed E-state index contributed by atoms with van der Waals surface area (Å²) >= 11 is 6.11. The summed E-state index contributed by atoms with van der Waals surface area (Å²) in [5.41, 5.74) is -0.114. The average molecular weight is 318 g/mol. The number of fused-ring (bicyclic) bond motifs is 1. The zero-order valence-corrected chi connectivity index (χ0v) is 12.5. The Kier molecular flexibility index (Phi) is 4.61. The number of hydrogen-bond donors (Lipinski definition) is 0. The lowest BCUT2D eigenvalue weighted by Crippen LogP contribution is -2.10. The maximum atomic E-state index is 13.0. The number of nitrogens with zero attached hydrogens (tertiary/aromatic N) is 1. The summed E-state index contributed by atoms with van der Waals surface area (Å²) in [5, 5.41) is 0.768. The van der Waals surface area contributed by atoms with Crippen LogP contribution in [0, 0.1) is 6.92 Å². The summed E-state index contributed by atoms with van der Waals surface area (Å²) in [6, 6.07) is 4.21. The zero-order valence-electron chi connectivity index (χ0n) is 11.7. The van der Waals surface area contributed by atoms with Gasteiger partial charge in [-0.25, -0.2) is 4.98 Å². The molecule has 0 atom stereocenters. The van der Waals surface area contributed by atoms with Crippen LogP contribution in [0.25, 0.3) is 10.9 Å². The second kappa shape index (κ2) is 6.10. The van der Waals surface area contributed by atoms with E-state index in [-0.39, 0.29) is 11.3 Å². The lowest BCUT2D eigenvalue weighted by atomic mass is 10.1. The van der Waals surface area contributed by atoms with Crippen molar-refractivity contribution in [2.24, 2.45) is 0 Å². The van der Waals surface area contributed by atoms with Crippen LogP contribution in [0.2, 0.25) is 5.02 Å². The predicted molar refractivity (Wildman–Crippen MR) is 76.9 cm³/mol. The first-order chi connectivity index (χ1) is 9.84. The number of pyridine rings is 1. The van der Waals surface area contributed by atoms with E-state index in [9.17, 15) is 13.2 Å². The van der Waals surface area contributed by atoms with Crippen molar-refractivity contribution in [3.63, 3.8) is 0 Å². The Morgan fingerprint density at radius 3 is 2.62 bits per heavy atom. The number of benzene rings is 1. The molecule has 0 fully saturated rings. The van der Waals surface area contributed by atoms with Crippen molar-refractivity contribution in [3.8, 4) is 5.75 Å². The molecule has 1 aromatic carbocycles. The van der Waals surface area contributed by atoms with E-state index >= 15 is 0 Å². The van der Waals surface area contributed by atoms with Crippen molar-refractivity contribution in [1.82, 2.24) is 4.98 Å². The van der Waals surface area contributed by atoms with Gasteiger partial charge in [0.2, 0.25) is 0 Å². The van der Waals surface area contributed by atoms with Crippen LogP contribution in [0.5, 0.6) is 5.75 Å². The second-order valence-electron chi connectivity index (χ2n) is 4.79. The summed E-state index contributed by atoms with van der Waals surface area (Å²) < 4.78 is 44.4. The Morgan fingerprint density at radius 2 is 2.00 bits per heavy atom. The molecule has 114 valence electrons. The van der Waals surface area contributed by atoms with E-state index in [1.54, 1.807) is 19.1 Å². The minimum absolute atomic E-state index is 0.134. The summed E-state index contributed by atoms with van der Waals surface area (Å²) in [5.74, 6) is 0.134. The Labute approximate surface area is 125 Å². The molecular weight excluding hydrogens is 303 g/mol. The molecule has 0 unspecified atom stereocenters. The van der Waals surface area contributed by atoms with Gasteiger partial charge in [-0.05, 0) is 25.0 Å². The molecule has 2 aromatic rings. The zero-order chi connectivity index (χ0) is 15.6. The van der Waals surface area contributed by atoms with Crippen molar-refractivity contribution >= 4 is 22.5 Å². The van der Waals surface area contributed by atoms with Gasteiger partial charge >= 0.3 is 6.18 Å². The Morgan fingerprint density at radius 1 is 1.29 bits per heavy atom. The number of rotatable bonds is 4. The molecule has 0 radical (unpaired) electrons. The number of aromatic nitrogens is 1. The van der Waals surface area contributed by atoms with Crippen molar-refractivity contribution < 1.29 is 17.9 Å². The van der Waals surface area contributed by atoms with Crippen LogP contribution < -0.4 is 4.74 Å². The lowest BCUT2D eigenvalue weighted by Gasteiger charge is -2.14. The Bertz CT molecular complexity index is 655. The number of halogens is 4. The normalized spacial score (nSPS) is 11.9. The van der Waals surface area contributed by atoms with E-state index in [1.165, 1.54) is 0 Å². The molecule has 0 N–H and O–H groups in total. The van der Waals surface area contributed by atoms with Gasteiger partial charge in [0.1, 0.15) is 11.4 Å². The summed E-state index contributed by atoms with van der Waals surface area (Å²) in [4.78, 5) is 3.71. The maximum Gasteiger partial charge on any atom is 0.433 e. The van der Waals surface area contributed by atoms with Crippen LogP contribution in [-0.2, 0) is 6.18 Å². The molecule has 1 heterocycles. The van der Waals surface area contributed by atoms with Gasteiger partial charge in [-0.3, -0.25) is 0 Å². The second-order valence-corrected chi connectivity index (χ2v) is 5.20. The Hall–Kier alpha value is -1.49. The average Bonchev–Trinajstić information content (AvgIpc) is 2.42. The molecule has 2 rings (SSSR count). The minimum Gasteiger partial charge on any atom is -0.493 e. The van der Waals surface area contributed by atoms with Crippen molar-refractivity contribution in [1.29, 1.82) is 0 Å². The molecule has 0 bridgehead atoms. The van der Waals surface area contributed by atoms with Gasteiger partial charge in [-0.15, -0.1) is 0 Å². The molecule has 0 saturated heterocycles. The molecule has 0 spiro atoms. The van der Waals surface area contributed by atoms with Crippen LogP contribution in [-0.4, -0.2) is 11.6 Å². The van der Waals surface area contributed by atoms with E-state index in [4.69, 9.17) is 16.3 Å². The first-order valence-corrected chi connectivity index (χ1v) is 7.02. The lowest BCUT2D eigenvalue weighted by molar-refractivity contribution is -0.141. The first-order valence-electron chi connectivity index (χ1n) is 6.64. The van der Waals surface area contributed by atoms with Gasteiger partial charge in [0, 0.05) is 6.07 Å². The third kappa shape index (κ3) is 3.40. The number of ether oxygens (including phenoxy) is 1. The summed E-state index contributed by atoms with van der Waals surface area (Å²) in [6.07, 6.45) is -2.87. The molecule has 0 aliphatic heterocycles. The van der Waals surface area contributed by atoms with Crippen molar-refractivity contribution in [2.75, 3.05) is 6.61 Å². The van der Waals surface area contributed by atoms with Crippen LogP contribution in [0.1, 0.15) is 31.0 Å². The van der Waals surface area contributed by atoms with Crippen molar-refractivity contribution in [2.45, 2.75) is 32.9 Å². The Balaban J connectivity index is 2.64. The minimum atomic E-state index is -4.52. The summed E-state index contributed by atoms with van der Waals surface area (Å²) in [6.45, 7) is 4.02. The third-order valence-electron chi connectivity index (χ3n) is 3.12. The van der Waals surface area contributed by atoms with E-state index in [0.717, 1.165) is 18.9 Å². The van der Waals surface area contributed by atoms with Gasteiger partial charge in [-0.2, -0.15) is 13.2 Å². The van der Waals surface area contributed by atoms with Gasteiger partial charge in [0.15, 0.2) is 0 Å². The predicted octanol–water partition coefficient (Wildman–Crippen LogP) is 5.39. The monoisotopic (exact) mass is 317 g/mol. The molecule has 0 saturated carbocycles. The molecule has 6 heteroatoms. The number of unbranched alkanes of at least 4 members (excludes halogenated alkanes) is 1. The van der Waals surface area contributed by atoms with Crippen molar-refractivity contribution in [3.05, 3.63) is 34.5 Å². The van der Waals surface area contributed by atoms with Gasteiger partial charge < -0.3 is 4.74 Å². The molecule has 1 aromatic heterocycles. The van der Waals surface area contributed by atoms with Crippen LogP contribution in [0.15, 0.2) is 18.2 Å². The smallest absolute Gasteiger partial charge is 0.433 e. The highest BCUT2D eigenvalue weighted by molar-refractivity contribution is 6.36. The van der Waals surface area contributed by atoms with Crippen LogP contribution in [0.4, 0.5) is 13.2 Å². The van der Waals surface area contributed by atoms with Gasteiger partial charge in [0.05, 0.1) is 22.5 Å². The van der Waals surface area contributed by atoms with E-state index in [2.05, 4.69) is 4.98 Å². The van der Waals surface area contributed by atoms with Gasteiger partial charge in [0.25, 0.3) is 0 Å². The quantitative estimate of drug-likeness (QED) is 0.705. The largest absolute Gasteiger partial charge is 0.493 e. The highest BCUT2D eigenvalue weighted by atomic mass is 35.5. The highest BCUT2D eigenvalue weighted by Crippen LogP contribution is 2.38. The molecular formula is C15H15ClF3NO. The number of aryl methyl sites for hydroxylation is 1. The first kappa shape index (κ1) is 15.9. The molecule has 0 amide bonds. The standard InChI is InChI=1S/C15H15ClF3NO/c1-3-4-7-21-11-8-12(15(17,18)19)20-14-9(2)5-6-10(16)13(11)14/h5-6,8H,3-4,7H2,1-2H3. The van der Waals surface area contributed by atoms with E-state index < -0.39 is 11.9 Å². The number of alkyl halides is 3.